The molecule has 0 aliphatic heterocycles. The van der Waals surface area contributed by atoms with E-state index >= 15 is 0 Å². The van der Waals surface area contributed by atoms with Crippen molar-refractivity contribution in [2.45, 2.75) is 118 Å². The molecule has 2 aliphatic rings. The van der Waals surface area contributed by atoms with Gasteiger partial charge in [-0.15, -0.1) is 24.8 Å². The number of halogens is 2. The minimum atomic E-state index is -2.85. The fourth-order valence-electron chi connectivity index (χ4n) is 7.46. The summed E-state index contributed by atoms with van der Waals surface area (Å²) in [4.78, 5) is 0. The number of fused-ring (bicyclic) bond motifs is 3. The smallest absolute Gasteiger partial charge is 0.147 e. The van der Waals surface area contributed by atoms with E-state index in [1.54, 1.807) is 20.9 Å². The zero-order valence-corrected chi connectivity index (χ0v) is 36.6. The number of allylic oxidation sites excluding steroid dienone is 4. The molecule has 0 N–H and O–H groups in total. The summed E-state index contributed by atoms with van der Waals surface area (Å²) in [7, 11) is 0. The molecule has 264 valence electrons. The first kappa shape index (κ1) is 40.5. The van der Waals surface area contributed by atoms with Crippen LogP contribution in [0.15, 0.2) is 100 Å². The summed E-state index contributed by atoms with van der Waals surface area (Å²) in [5, 5.41) is 0. The summed E-state index contributed by atoms with van der Waals surface area (Å²) in [6.45, 7) is 28.2. The molecule has 3 heteroatoms. The van der Waals surface area contributed by atoms with Gasteiger partial charge in [-0.3, -0.25) is 0 Å². The molecule has 0 saturated heterocycles. The fraction of sp³-hybridized carbons (Fsp3) is 0.383. The molecule has 0 amide bonds. The van der Waals surface area contributed by atoms with Gasteiger partial charge in [-0.05, 0) is 0 Å². The minimum Gasteiger partial charge on any atom is -0.147 e. The summed E-state index contributed by atoms with van der Waals surface area (Å²) in [5.41, 5.74) is 14.9. The Hall–Kier alpha value is -2.31. The molecule has 50 heavy (non-hydrogen) atoms. The zero-order chi connectivity index (χ0) is 34.8. The van der Waals surface area contributed by atoms with E-state index < -0.39 is 21.3 Å². The average Bonchev–Trinajstić information content (AvgIpc) is 3.66. The first-order valence-electron chi connectivity index (χ1n) is 18.0. The van der Waals surface area contributed by atoms with E-state index in [0.29, 0.717) is 0 Å². The molecule has 0 bridgehead atoms. The van der Waals surface area contributed by atoms with Gasteiger partial charge in [-0.25, -0.2) is 0 Å². The molecule has 4 aromatic carbocycles. The van der Waals surface area contributed by atoms with E-state index in [1.807, 2.05) is 0 Å². The Balaban J connectivity index is 0.00000281. The van der Waals surface area contributed by atoms with Crippen molar-refractivity contribution >= 4 is 31.3 Å². The Morgan fingerprint density at radius 1 is 0.540 bits per heavy atom. The van der Waals surface area contributed by atoms with Crippen molar-refractivity contribution in [3.8, 4) is 11.1 Å². The fourth-order valence-corrected chi connectivity index (χ4v) is 16.4. The van der Waals surface area contributed by atoms with E-state index in [1.165, 1.54) is 44.5 Å². The molecular weight excluding hydrogens is 727 g/mol. The van der Waals surface area contributed by atoms with E-state index in [4.69, 9.17) is 0 Å². The van der Waals surface area contributed by atoms with Gasteiger partial charge in [-0.2, -0.15) is 0 Å². The van der Waals surface area contributed by atoms with Gasteiger partial charge in [0.1, 0.15) is 0 Å². The van der Waals surface area contributed by atoms with Gasteiger partial charge in [0, 0.05) is 0 Å². The zero-order valence-electron chi connectivity index (χ0n) is 32.5. The van der Waals surface area contributed by atoms with Crippen LogP contribution in [0.5, 0.6) is 0 Å². The Morgan fingerprint density at radius 2 is 1.02 bits per heavy atom. The third kappa shape index (κ3) is 8.02. The Bertz CT molecular complexity index is 1900. The van der Waals surface area contributed by atoms with Gasteiger partial charge < -0.3 is 0 Å². The van der Waals surface area contributed by atoms with Crippen molar-refractivity contribution in [1.29, 1.82) is 0 Å². The molecule has 0 unspecified atom stereocenters. The molecule has 0 fully saturated rings. The molecule has 0 aromatic heterocycles. The molecule has 0 saturated carbocycles. The van der Waals surface area contributed by atoms with Crippen LogP contribution in [0.4, 0.5) is 0 Å². The van der Waals surface area contributed by atoms with Gasteiger partial charge in [0.15, 0.2) is 0 Å². The van der Waals surface area contributed by atoms with E-state index in [2.05, 4.69) is 180 Å². The van der Waals surface area contributed by atoms with Crippen LogP contribution in [-0.2, 0) is 49.3 Å². The second kappa shape index (κ2) is 14.6. The first-order valence-corrected chi connectivity index (χ1v) is 21.7. The number of hydrogen-bond acceptors (Lipinski definition) is 0. The molecule has 0 spiro atoms. The van der Waals surface area contributed by atoms with Crippen molar-refractivity contribution in [3.05, 3.63) is 145 Å². The van der Waals surface area contributed by atoms with Crippen molar-refractivity contribution < 1.29 is 21.3 Å². The van der Waals surface area contributed by atoms with Gasteiger partial charge in [0.05, 0.1) is 0 Å². The quantitative estimate of drug-likeness (QED) is 0.170. The van der Waals surface area contributed by atoms with E-state index in [9.17, 15) is 0 Å². The Kier molecular flexibility index (Phi) is 11.8. The maximum atomic E-state index is 2.51. The molecule has 0 radical (unpaired) electrons. The number of benzene rings is 4. The largest absolute Gasteiger partial charge is 0.147 e. The monoisotopic (exact) mass is 782 g/mol. The third-order valence-corrected chi connectivity index (χ3v) is 18.2. The summed E-state index contributed by atoms with van der Waals surface area (Å²) in [6.07, 6.45) is 9.30. The molecule has 0 nitrogen and oxygen atoms in total. The third-order valence-electron chi connectivity index (χ3n) is 10.4. The van der Waals surface area contributed by atoms with Gasteiger partial charge in [-0.1, -0.05) is 0 Å². The van der Waals surface area contributed by atoms with Crippen LogP contribution >= 0.6 is 24.8 Å². The van der Waals surface area contributed by atoms with Crippen LogP contribution in [0.2, 0.25) is 0 Å². The predicted octanol–water partition coefficient (Wildman–Crippen LogP) is 12.6. The van der Waals surface area contributed by atoms with Gasteiger partial charge in [0.25, 0.3) is 0 Å². The van der Waals surface area contributed by atoms with Crippen molar-refractivity contribution in [1.82, 2.24) is 0 Å². The normalized spacial score (nSPS) is 14.0. The van der Waals surface area contributed by atoms with Crippen LogP contribution in [0.25, 0.3) is 11.1 Å². The maximum absolute atomic E-state index is 2.85. The van der Waals surface area contributed by atoms with Crippen LogP contribution in [0.1, 0.15) is 134 Å². The average molecular weight is 785 g/mol. The van der Waals surface area contributed by atoms with Gasteiger partial charge in [0.2, 0.25) is 0 Å². The first-order chi connectivity index (χ1) is 22.3. The van der Waals surface area contributed by atoms with Crippen LogP contribution in [0, 0.1) is 0 Å². The molecule has 6 rings (SSSR count). The molecular formula is C47H58Cl2Zr. The Labute approximate surface area is 323 Å². The SMILES string of the molecule is CC(C)(C)c1ccc([C](c2ccc(C(C)(C)C)cc2)=[Zr]([C]2=CC=CC2)[c]2c(C(C)(C)C)ccc3c2Cc2cc(C(C)(C)C)ccc2-3)cc1.Cl.Cl. The maximum Gasteiger partial charge on any atom is -0.147 e. The molecule has 4 aromatic rings. The second-order valence-electron chi connectivity index (χ2n) is 18.3. The summed E-state index contributed by atoms with van der Waals surface area (Å²) < 4.78 is 5.00. The second-order valence-corrected chi connectivity index (χ2v) is 24.2. The van der Waals surface area contributed by atoms with E-state index in [-0.39, 0.29) is 46.5 Å². The van der Waals surface area contributed by atoms with Crippen molar-refractivity contribution in [2.75, 3.05) is 0 Å². The summed E-state index contributed by atoms with van der Waals surface area (Å²) >= 11 is -2.85. The summed E-state index contributed by atoms with van der Waals surface area (Å²) in [6, 6.07) is 31.6. The minimum absolute atomic E-state index is 0. The van der Waals surface area contributed by atoms with Crippen molar-refractivity contribution in [3.63, 3.8) is 0 Å². The van der Waals surface area contributed by atoms with Crippen LogP contribution in [0.3, 0.4) is 0 Å². The van der Waals surface area contributed by atoms with E-state index in [0.717, 1.165) is 12.8 Å². The Morgan fingerprint density at radius 3 is 1.46 bits per heavy atom. The molecule has 0 heterocycles. The molecule has 2 aliphatic carbocycles. The topological polar surface area (TPSA) is 0 Å². The number of rotatable bonds is 4. The summed E-state index contributed by atoms with van der Waals surface area (Å²) in [5.74, 6) is 0. The molecule has 0 atom stereocenters. The standard InChI is InChI=1S/C21H25.C21H26.C5H5.2ClH.Zr/c1-20(2,3)16-7-9-18-14(12-16)11-15-13-17(21(4,5)6)8-10-19(15)18;1-20(2,3)18-11-7-16(8-12-18)15-17-9-13-19(14-10-17)21(4,5)6;1-2-4-5-3-1;;;/h7-10,12H,11H2,1-6H3;7-14H,1-6H3;1-3H,4H2;2*1H;. The number of hydrogen-bond donors (Lipinski definition) is 0. The van der Waals surface area contributed by atoms with Crippen molar-refractivity contribution in [2.24, 2.45) is 0 Å². The van der Waals surface area contributed by atoms with Crippen LogP contribution < -0.4 is 3.27 Å². The van der Waals surface area contributed by atoms with Crippen LogP contribution in [-0.4, -0.2) is 3.21 Å². The predicted molar refractivity (Wildman–Crippen MR) is 222 cm³/mol. The van der Waals surface area contributed by atoms with Gasteiger partial charge >= 0.3 is 301 Å².